The van der Waals surface area contributed by atoms with Crippen molar-refractivity contribution < 1.29 is 18.7 Å². The van der Waals surface area contributed by atoms with E-state index < -0.39 is 0 Å². The quantitative estimate of drug-likeness (QED) is 0.262. The van der Waals surface area contributed by atoms with Crippen LogP contribution in [0.2, 0.25) is 0 Å². The predicted molar refractivity (Wildman–Crippen MR) is 129 cm³/mol. The summed E-state index contributed by atoms with van der Waals surface area (Å²) in [5.74, 6) is 1.84. The van der Waals surface area contributed by atoms with Gasteiger partial charge in [-0.1, -0.05) is 0 Å². The van der Waals surface area contributed by atoms with Crippen LogP contribution in [-0.2, 0) is 4.79 Å². The van der Waals surface area contributed by atoms with E-state index in [9.17, 15) is 9.59 Å². The Kier molecular flexibility index (Phi) is 5.67. The van der Waals surface area contributed by atoms with Gasteiger partial charge < -0.3 is 19.5 Å². The number of benzene rings is 2. The van der Waals surface area contributed by atoms with Crippen LogP contribution >= 0.6 is 11.3 Å². The number of nitrogens with one attached hydrogen (secondary N) is 3. The summed E-state index contributed by atoms with van der Waals surface area (Å²) >= 11 is 1.40. The molecule has 0 aliphatic heterocycles. The molecule has 170 valence electrons. The molecule has 0 aliphatic carbocycles. The summed E-state index contributed by atoms with van der Waals surface area (Å²) in [5.41, 5.74) is 1.97. The van der Waals surface area contributed by atoms with Crippen molar-refractivity contribution in [2.75, 3.05) is 15.5 Å². The van der Waals surface area contributed by atoms with E-state index in [0.29, 0.717) is 46.1 Å². The van der Waals surface area contributed by atoms with Gasteiger partial charge in [0.2, 0.25) is 18.2 Å². The van der Waals surface area contributed by atoms with Crippen molar-refractivity contribution in [2.24, 2.45) is 0 Å². The third-order valence-corrected chi connectivity index (χ3v) is 5.54. The fourth-order valence-electron chi connectivity index (χ4n) is 3.18. The summed E-state index contributed by atoms with van der Waals surface area (Å²) < 4.78 is 11.2. The van der Waals surface area contributed by atoms with Crippen LogP contribution in [-0.4, -0.2) is 27.4 Å². The van der Waals surface area contributed by atoms with Gasteiger partial charge in [-0.05, 0) is 49.4 Å². The van der Waals surface area contributed by atoms with E-state index >= 15 is 0 Å². The highest BCUT2D eigenvalue weighted by Gasteiger charge is 2.15. The van der Waals surface area contributed by atoms with Crippen LogP contribution in [0.1, 0.15) is 4.88 Å². The van der Waals surface area contributed by atoms with Crippen molar-refractivity contribution in [3.05, 3.63) is 71.9 Å². The first-order valence-electron chi connectivity index (χ1n) is 10.1. The number of H-pyrrole nitrogens is 1. The van der Waals surface area contributed by atoms with Gasteiger partial charge >= 0.3 is 6.03 Å². The van der Waals surface area contributed by atoms with Crippen molar-refractivity contribution in [3.63, 3.8) is 0 Å². The molecular formula is C23H18N6O4S. The van der Waals surface area contributed by atoms with Crippen molar-refractivity contribution in [3.8, 4) is 11.5 Å². The first-order valence-corrected chi connectivity index (χ1v) is 11.0. The number of aromatic amines is 1. The van der Waals surface area contributed by atoms with Crippen LogP contribution < -0.4 is 20.3 Å². The van der Waals surface area contributed by atoms with Gasteiger partial charge in [0, 0.05) is 28.9 Å². The fraction of sp³-hybridized carbons (Fsp3) is 0.0435. The number of thiazole rings is 1. The molecule has 2 aromatic carbocycles. The Hall–Kier alpha value is -4.64. The van der Waals surface area contributed by atoms with Gasteiger partial charge in [0.05, 0.1) is 17.3 Å². The number of urea groups is 1. The van der Waals surface area contributed by atoms with Crippen LogP contribution in [0.15, 0.2) is 71.5 Å². The van der Waals surface area contributed by atoms with E-state index in [1.54, 1.807) is 54.7 Å². The largest absolute Gasteiger partial charge is 0.457 e. The normalized spacial score (nSPS) is 10.7. The molecule has 3 N–H and O–H groups in total. The molecular weight excluding hydrogens is 456 g/mol. The van der Waals surface area contributed by atoms with Gasteiger partial charge in [0.15, 0.2) is 5.13 Å². The standard InChI is InChI=1S/C23H18N6O4S/c1-14-12-24-23(34-14)28-22(31)25-15-4-6-16(7-5-15)33-17-8-9-18-19(11-17)27-21(26-18)29(13-30)20-3-2-10-32-20/h2-13H,1H3,(H,26,27)(H2,24,25,28,31). The molecule has 0 saturated heterocycles. The molecule has 0 fully saturated rings. The summed E-state index contributed by atoms with van der Waals surface area (Å²) in [4.78, 5) is 37.6. The Balaban J connectivity index is 1.25. The molecule has 5 rings (SSSR count). The average molecular weight is 475 g/mol. The molecule has 0 radical (unpaired) electrons. The number of furan rings is 1. The van der Waals surface area contributed by atoms with Gasteiger partial charge in [-0.25, -0.2) is 19.7 Å². The summed E-state index contributed by atoms with van der Waals surface area (Å²) in [6, 6.07) is 15.3. The first kappa shape index (κ1) is 21.2. The number of amides is 3. The van der Waals surface area contributed by atoms with E-state index in [0.717, 1.165) is 10.4 Å². The van der Waals surface area contributed by atoms with Crippen LogP contribution in [0.25, 0.3) is 11.0 Å². The number of carbonyl (C=O) groups excluding carboxylic acids is 2. The number of hydrogen-bond donors (Lipinski definition) is 3. The molecule has 34 heavy (non-hydrogen) atoms. The maximum absolute atomic E-state index is 12.1. The van der Waals surface area contributed by atoms with E-state index in [-0.39, 0.29) is 6.03 Å². The number of rotatable bonds is 7. The number of carbonyl (C=O) groups is 2. The molecule has 3 amide bonds. The molecule has 5 aromatic rings. The highest BCUT2D eigenvalue weighted by atomic mass is 32.1. The first-order chi connectivity index (χ1) is 16.6. The van der Waals surface area contributed by atoms with E-state index in [1.165, 1.54) is 22.5 Å². The lowest BCUT2D eigenvalue weighted by atomic mass is 10.3. The van der Waals surface area contributed by atoms with Crippen molar-refractivity contribution in [1.82, 2.24) is 15.0 Å². The SMILES string of the molecule is Cc1cnc(NC(=O)Nc2ccc(Oc3ccc4[nH]c(N(C=O)c5ccco5)nc4c3)cc2)s1. The molecule has 0 unspecified atom stereocenters. The average Bonchev–Trinajstić information content (AvgIpc) is 3.57. The summed E-state index contributed by atoms with van der Waals surface area (Å²) in [6.07, 6.45) is 3.81. The van der Waals surface area contributed by atoms with E-state index in [1.807, 2.05) is 13.0 Å². The molecule has 0 aliphatic rings. The van der Waals surface area contributed by atoms with Gasteiger partial charge in [-0.15, -0.1) is 11.3 Å². The van der Waals surface area contributed by atoms with E-state index in [2.05, 4.69) is 25.6 Å². The minimum atomic E-state index is -0.373. The maximum atomic E-state index is 12.1. The van der Waals surface area contributed by atoms with Crippen molar-refractivity contribution in [2.45, 2.75) is 6.92 Å². The molecule has 0 saturated carbocycles. The molecule has 10 nitrogen and oxygen atoms in total. The van der Waals surface area contributed by atoms with Gasteiger partial charge in [-0.2, -0.15) is 0 Å². The molecule has 3 aromatic heterocycles. The number of aromatic nitrogens is 3. The molecule has 0 bridgehead atoms. The zero-order valence-corrected chi connectivity index (χ0v) is 18.6. The number of anilines is 4. The number of nitrogens with zero attached hydrogens (tertiary/aromatic N) is 3. The summed E-state index contributed by atoms with van der Waals surface area (Å²) in [5, 5.41) is 5.98. The summed E-state index contributed by atoms with van der Waals surface area (Å²) in [7, 11) is 0. The topological polar surface area (TPSA) is 125 Å². The van der Waals surface area contributed by atoms with Crippen LogP contribution in [0.5, 0.6) is 11.5 Å². The molecule has 0 atom stereocenters. The van der Waals surface area contributed by atoms with Crippen LogP contribution in [0, 0.1) is 6.92 Å². The summed E-state index contributed by atoms with van der Waals surface area (Å²) in [6.45, 7) is 1.92. The van der Waals surface area contributed by atoms with Gasteiger partial charge in [0.25, 0.3) is 0 Å². The minimum absolute atomic E-state index is 0.332. The van der Waals surface area contributed by atoms with Gasteiger partial charge in [0.1, 0.15) is 11.5 Å². The zero-order chi connectivity index (χ0) is 23.5. The number of ether oxygens (including phenoxy) is 1. The Labute approximate surface area is 197 Å². The number of aryl methyl sites for hydroxylation is 1. The van der Waals surface area contributed by atoms with Crippen LogP contribution in [0.4, 0.5) is 27.4 Å². The third-order valence-electron chi connectivity index (χ3n) is 4.71. The molecule has 3 heterocycles. The Bertz CT molecular complexity index is 1440. The number of imidazole rings is 1. The lowest BCUT2D eigenvalue weighted by Gasteiger charge is -2.09. The lowest BCUT2D eigenvalue weighted by molar-refractivity contribution is -0.107. The number of fused-ring (bicyclic) bond motifs is 1. The maximum Gasteiger partial charge on any atom is 0.325 e. The third kappa shape index (κ3) is 4.59. The highest BCUT2D eigenvalue weighted by molar-refractivity contribution is 7.15. The smallest absolute Gasteiger partial charge is 0.325 e. The second-order valence-corrected chi connectivity index (χ2v) is 8.38. The molecule has 11 heteroatoms. The predicted octanol–water partition coefficient (Wildman–Crippen LogP) is 5.65. The van der Waals surface area contributed by atoms with Gasteiger partial charge in [-0.3, -0.25) is 10.1 Å². The Morgan fingerprint density at radius 1 is 1.15 bits per heavy atom. The Morgan fingerprint density at radius 2 is 1.97 bits per heavy atom. The van der Waals surface area contributed by atoms with Crippen LogP contribution in [0.3, 0.4) is 0 Å². The fourth-order valence-corrected chi connectivity index (χ4v) is 3.84. The minimum Gasteiger partial charge on any atom is -0.457 e. The van der Waals surface area contributed by atoms with Crippen molar-refractivity contribution in [1.29, 1.82) is 0 Å². The second-order valence-electron chi connectivity index (χ2n) is 7.15. The second kappa shape index (κ2) is 9.08. The zero-order valence-electron chi connectivity index (χ0n) is 17.8. The highest BCUT2D eigenvalue weighted by Crippen LogP contribution is 2.29. The van der Waals surface area contributed by atoms with E-state index in [4.69, 9.17) is 9.15 Å². The Morgan fingerprint density at radius 3 is 2.68 bits per heavy atom. The molecule has 0 spiro atoms. The monoisotopic (exact) mass is 474 g/mol. The lowest BCUT2D eigenvalue weighted by Crippen LogP contribution is -2.19. The van der Waals surface area contributed by atoms with Crippen molar-refractivity contribution >= 4 is 57.5 Å². The number of hydrogen-bond acceptors (Lipinski definition) is 7.